The average Bonchev–Trinajstić information content (AvgIpc) is 3.02. The Morgan fingerprint density at radius 2 is 0.795 bits per heavy atom. The molecule has 4 amide bonds. The predicted octanol–water partition coefficient (Wildman–Crippen LogP) is 5.56. The fraction of sp³-hybridized carbons (Fsp3) is 0.333. The highest BCUT2D eigenvalue weighted by Gasteiger charge is 2.33. The molecule has 0 aromatic heterocycles. The monoisotopic (exact) mass is 592 g/mol. The van der Waals surface area contributed by atoms with E-state index >= 15 is 0 Å². The minimum Gasteiger partial charge on any atom is -0.305 e. The molecule has 2 aliphatic heterocycles. The van der Waals surface area contributed by atoms with Crippen LogP contribution in [0.4, 0.5) is 0 Å². The van der Waals surface area contributed by atoms with Crippen molar-refractivity contribution < 1.29 is 19.2 Å². The smallest absolute Gasteiger partial charge is 0.261 e. The summed E-state index contributed by atoms with van der Waals surface area (Å²) in [4.78, 5) is 59.4. The minimum absolute atomic E-state index is 0.243. The molecule has 8 nitrogen and oxygen atoms in total. The second-order valence-corrected chi connectivity index (χ2v) is 11.6. The largest absolute Gasteiger partial charge is 0.305 e. The van der Waals surface area contributed by atoms with Gasteiger partial charge in [-0.25, -0.2) is 0 Å². The number of rotatable bonds is 10. The Balaban J connectivity index is 0.00000123. The van der Waals surface area contributed by atoms with E-state index in [-0.39, 0.29) is 23.6 Å². The Morgan fingerprint density at radius 1 is 0.500 bits per heavy atom. The number of nitrogens with zero attached hydrogens (tertiary/aromatic N) is 4. The number of amides is 4. The lowest BCUT2D eigenvalue weighted by Crippen LogP contribution is -2.45. The first-order valence-electron chi connectivity index (χ1n) is 15.4. The number of likely N-dealkylation sites (N-methyl/N-ethyl adjacent to an activating group) is 2. The molecule has 0 spiro atoms. The molecule has 0 aliphatic carbocycles. The lowest BCUT2D eigenvalue weighted by molar-refractivity contribution is 0.0585. The molecule has 2 heterocycles. The third-order valence-corrected chi connectivity index (χ3v) is 8.20. The van der Waals surface area contributed by atoms with Crippen LogP contribution in [-0.2, 0) is 0 Å². The van der Waals surface area contributed by atoms with Gasteiger partial charge in [-0.2, -0.15) is 0 Å². The molecule has 8 heteroatoms. The highest BCUT2D eigenvalue weighted by atomic mass is 16.2. The van der Waals surface area contributed by atoms with Crippen molar-refractivity contribution >= 4 is 45.2 Å². The first kappa shape index (κ1) is 31.0. The van der Waals surface area contributed by atoms with Gasteiger partial charge in [-0.15, -0.1) is 0 Å². The molecule has 0 saturated heterocycles. The van der Waals surface area contributed by atoms with Gasteiger partial charge in [0.15, 0.2) is 0 Å². The Labute approximate surface area is 258 Å². The summed E-state index contributed by atoms with van der Waals surface area (Å²) in [6.45, 7) is 7.60. The van der Waals surface area contributed by atoms with Crippen molar-refractivity contribution in [1.29, 1.82) is 0 Å². The average molecular weight is 593 g/mol. The molecule has 4 aromatic carbocycles. The Kier molecular flexibility index (Phi) is 9.52. The zero-order valence-electron chi connectivity index (χ0n) is 26.0. The highest BCUT2D eigenvalue weighted by Crippen LogP contribution is 2.31. The molecule has 6 rings (SSSR count). The lowest BCUT2D eigenvalue weighted by Gasteiger charge is -2.29. The number of hydrogen-bond acceptors (Lipinski definition) is 6. The zero-order valence-corrected chi connectivity index (χ0v) is 26.0. The van der Waals surface area contributed by atoms with Gasteiger partial charge >= 0.3 is 0 Å². The molecule has 0 atom stereocenters. The molecule has 0 saturated carbocycles. The van der Waals surface area contributed by atoms with Crippen LogP contribution in [-0.4, -0.2) is 96.6 Å². The van der Waals surface area contributed by atoms with E-state index in [2.05, 4.69) is 23.6 Å². The number of hydrogen-bond donors (Lipinski definition) is 0. The zero-order chi connectivity index (χ0) is 31.4. The van der Waals surface area contributed by atoms with Gasteiger partial charge in [-0.3, -0.25) is 29.0 Å². The number of carbonyl (C=O) groups is 4. The van der Waals surface area contributed by atoms with E-state index in [4.69, 9.17) is 0 Å². The molecule has 44 heavy (non-hydrogen) atoms. The standard InChI is InChI=1S/C33H32N4O4.C3H8/c1-34(18-20-36-30(38)24-12-3-8-22-9-4-13-25(28(22)24)31(36)39)16-7-17-35(2)19-21-37-32(40)26-14-5-10-23-11-6-15-27(29(23)26)33(37)41;1-3-2/h3-6,8-15H,7,16-21H2,1-2H3;3H2,1-2H3. The van der Waals surface area contributed by atoms with Gasteiger partial charge in [-0.05, 0) is 68.6 Å². The van der Waals surface area contributed by atoms with E-state index in [1.807, 2.05) is 62.6 Å². The maximum Gasteiger partial charge on any atom is 0.261 e. The fourth-order valence-corrected chi connectivity index (χ4v) is 5.94. The van der Waals surface area contributed by atoms with Gasteiger partial charge in [-0.1, -0.05) is 68.8 Å². The maximum absolute atomic E-state index is 13.1. The van der Waals surface area contributed by atoms with E-state index in [1.54, 1.807) is 24.3 Å². The quantitative estimate of drug-likeness (QED) is 0.225. The third kappa shape index (κ3) is 6.00. The van der Waals surface area contributed by atoms with E-state index in [0.29, 0.717) is 48.4 Å². The van der Waals surface area contributed by atoms with Crippen molar-refractivity contribution in [3.05, 3.63) is 95.1 Å². The molecule has 0 radical (unpaired) electrons. The number of benzene rings is 4. The molecular weight excluding hydrogens is 552 g/mol. The van der Waals surface area contributed by atoms with Crippen LogP contribution in [0.2, 0.25) is 0 Å². The number of imide groups is 2. The molecule has 4 aromatic rings. The maximum atomic E-state index is 13.1. The van der Waals surface area contributed by atoms with Gasteiger partial charge in [0.1, 0.15) is 0 Å². The van der Waals surface area contributed by atoms with Gasteiger partial charge in [0.2, 0.25) is 0 Å². The van der Waals surface area contributed by atoms with E-state index < -0.39 is 0 Å². The molecule has 0 bridgehead atoms. The van der Waals surface area contributed by atoms with Crippen LogP contribution in [0.25, 0.3) is 21.5 Å². The lowest BCUT2D eigenvalue weighted by atomic mass is 9.94. The number of carbonyl (C=O) groups excluding carboxylic acids is 4. The summed E-state index contributed by atoms with van der Waals surface area (Å²) in [5.74, 6) is -0.970. The van der Waals surface area contributed by atoms with Crippen molar-refractivity contribution in [3.8, 4) is 0 Å². The van der Waals surface area contributed by atoms with Gasteiger partial charge in [0.05, 0.1) is 0 Å². The Hall–Kier alpha value is -4.40. The van der Waals surface area contributed by atoms with Gasteiger partial charge in [0.25, 0.3) is 23.6 Å². The third-order valence-electron chi connectivity index (χ3n) is 8.20. The summed E-state index contributed by atoms with van der Waals surface area (Å²) in [6, 6.07) is 22.3. The van der Waals surface area contributed by atoms with E-state index in [9.17, 15) is 19.2 Å². The summed E-state index contributed by atoms with van der Waals surface area (Å²) in [5, 5.41) is 3.29. The Morgan fingerprint density at radius 3 is 1.09 bits per heavy atom. The highest BCUT2D eigenvalue weighted by molar-refractivity contribution is 6.26. The van der Waals surface area contributed by atoms with Crippen LogP contribution in [0.5, 0.6) is 0 Å². The van der Waals surface area contributed by atoms with Crippen LogP contribution in [0.15, 0.2) is 72.8 Å². The van der Waals surface area contributed by atoms with Crippen molar-refractivity contribution in [2.75, 3.05) is 53.4 Å². The van der Waals surface area contributed by atoms with Crippen molar-refractivity contribution in [2.45, 2.75) is 26.7 Å². The topological polar surface area (TPSA) is 81.2 Å². The first-order valence-corrected chi connectivity index (χ1v) is 15.4. The van der Waals surface area contributed by atoms with Gasteiger partial charge in [0, 0.05) is 59.2 Å². The summed E-state index contributed by atoms with van der Waals surface area (Å²) in [6.07, 6.45) is 2.11. The van der Waals surface area contributed by atoms with Crippen LogP contribution < -0.4 is 0 Å². The fourth-order valence-electron chi connectivity index (χ4n) is 5.94. The summed E-state index contributed by atoms with van der Waals surface area (Å²) >= 11 is 0. The molecule has 228 valence electrons. The summed E-state index contributed by atoms with van der Waals surface area (Å²) < 4.78 is 0. The molecule has 0 N–H and O–H groups in total. The summed E-state index contributed by atoms with van der Waals surface area (Å²) in [7, 11) is 3.97. The van der Waals surface area contributed by atoms with Crippen LogP contribution in [0.3, 0.4) is 0 Å². The second-order valence-electron chi connectivity index (χ2n) is 11.6. The van der Waals surface area contributed by atoms with E-state index in [1.165, 1.54) is 16.2 Å². The molecule has 0 unspecified atom stereocenters. The van der Waals surface area contributed by atoms with Crippen LogP contribution in [0, 0.1) is 0 Å². The van der Waals surface area contributed by atoms with Gasteiger partial charge < -0.3 is 9.80 Å². The summed E-state index contributed by atoms with van der Waals surface area (Å²) in [5.41, 5.74) is 2.31. The molecular formula is C36H40N4O4. The normalized spacial score (nSPS) is 14.2. The van der Waals surface area contributed by atoms with Crippen LogP contribution >= 0.6 is 0 Å². The van der Waals surface area contributed by atoms with Crippen LogP contribution in [0.1, 0.15) is 68.1 Å². The van der Waals surface area contributed by atoms with Crippen molar-refractivity contribution in [1.82, 2.24) is 19.6 Å². The Bertz CT molecular complexity index is 1510. The SMILES string of the molecule is CCC.CN(CCCN(C)CCN1C(=O)c2cccc3cccc(c23)C1=O)CCN1C(=O)c2cccc3cccc(c23)C1=O. The van der Waals surface area contributed by atoms with E-state index in [0.717, 1.165) is 41.1 Å². The second kappa shape index (κ2) is 13.5. The molecule has 0 fully saturated rings. The first-order chi connectivity index (χ1) is 21.3. The van der Waals surface area contributed by atoms with Crippen molar-refractivity contribution in [3.63, 3.8) is 0 Å². The molecule has 2 aliphatic rings. The van der Waals surface area contributed by atoms with Crippen molar-refractivity contribution in [2.24, 2.45) is 0 Å². The minimum atomic E-state index is -0.243. The predicted molar refractivity (Wildman–Crippen MR) is 174 cm³/mol.